The number of carbonyl (C=O) groups excluding carboxylic acids is 2. The first-order valence-corrected chi connectivity index (χ1v) is 19.5. The Morgan fingerprint density at radius 2 is 1.20 bits per heavy atom. The van der Waals surface area contributed by atoms with Gasteiger partial charge in [0.25, 0.3) is 0 Å². The molecule has 3 aromatic rings. The van der Waals surface area contributed by atoms with Crippen LogP contribution in [0.3, 0.4) is 0 Å². The van der Waals surface area contributed by atoms with E-state index in [1.807, 2.05) is 29.6 Å². The van der Waals surface area contributed by atoms with Crippen LogP contribution in [-0.4, -0.2) is 172 Å². The molecule has 3 heterocycles. The highest BCUT2D eigenvalue weighted by atomic mass is 19.2. The first-order chi connectivity index (χ1) is 30.5. The van der Waals surface area contributed by atoms with Crippen LogP contribution < -0.4 is 10.1 Å². The number of fused-ring (bicyclic) bond motifs is 3. The maximum absolute atomic E-state index is 14.6. The van der Waals surface area contributed by atoms with Crippen molar-refractivity contribution >= 4 is 12.1 Å². The van der Waals surface area contributed by atoms with Crippen LogP contribution in [0.5, 0.6) is 5.75 Å². The van der Waals surface area contributed by atoms with Gasteiger partial charge in [-0.05, 0) is 22.3 Å². The summed E-state index contributed by atoms with van der Waals surface area (Å²) in [4.78, 5) is 26.7. The molecule has 0 radical (unpaired) electrons. The number of benzene rings is 3. The molecule has 64 heavy (non-hydrogen) atoms. The van der Waals surface area contributed by atoms with Gasteiger partial charge >= 0.3 is 12.1 Å². The smallest absolute Gasteiger partial charge is 0.407 e. The van der Waals surface area contributed by atoms with Crippen molar-refractivity contribution in [3.63, 3.8) is 0 Å². The minimum atomic E-state index is -2.56. The van der Waals surface area contributed by atoms with Gasteiger partial charge in [0.2, 0.25) is 34.8 Å². The van der Waals surface area contributed by atoms with Gasteiger partial charge in [-0.25, -0.2) is 22.8 Å². The van der Waals surface area contributed by atoms with E-state index in [1.165, 1.54) is 0 Å². The molecule has 3 aromatic carbocycles. The first-order valence-electron chi connectivity index (χ1n) is 19.5. The number of alkyl carbamates (subject to hydrolysis) is 1. The van der Waals surface area contributed by atoms with Crippen LogP contribution in [-0.2, 0) is 38.0 Å². The van der Waals surface area contributed by atoms with Crippen molar-refractivity contribution in [1.82, 2.24) is 5.32 Å². The Labute approximate surface area is 358 Å². The minimum absolute atomic E-state index is 0.336. The summed E-state index contributed by atoms with van der Waals surface area (Å²) in [6.07, 6.45) is -25.1. The molecule has 0 unspecified atom stereocenters. The van der Waals surface area contributed by atoms with E-state index in [4.69, 9.17) is 33.2 Å². The van der Waals surface area contributed by atoms with Crippen molar-refractivity contribution in [1.29, 1.82) is 0 Å². The number of aliphatic hydroxyl groups is 8. The van der Waals surface area contributed by atoms with E-state index in [-0.39, 0.29) is 6.61 Å². The molecule has 4 aliphatic rings. The van der Waals surface area contributed by atoms with Crippen molar-refractivity contribution in [2.24, 2.45) is 0 Å². The standard InChI is InChI=1S/C40H42F5NO18/c41-23-24(42)26(44)34(27(45)25(23)43)62-36(55)19(46-40(56)60-10-18-16-7-3-1-5-14(16)15-6-2-4-8-17(15)18)11-57-38-32(54)35(29(51)22(9-47)61-38)64-39-31(53)33(21(49)13-59-39)63-37-30(52)28(50)20(48)12-58-37/h1-8,18-22,28-33,35,37-39,47-54H,9-13H2,(H,46,56)/t19-,20+,21+,22+,28-,29+,30+,31+,32+,33-,35-,37+,38+,39+/m0/s1. The Kier molecular flexibility index (Phi) is 14.8. The fourth-order valence-corrected chi connectivity index (χ4v) is 7.61. The Hall–Kier alpha value is -4.51. The number of ether oxygens (including phenoxy) is 8. The summed E-state index contributed by atoms with van der Waals surface area (Å²) in [5.74, 6) is -17.0. The molecule has 0 spiro atoms. The average Bonchev–Trinajstić information content (AvgIpc) is 3.61. The predicted molar refractivity (Wildman–Crippen MR) is 197 cm³/mol. The molecule has 9 N–H and O–H groups in total. The molecule has 0 aromatic heterocycles. The van der Waals surface area contributed by atoms with E-state index in [1.54, 1.807) is 24.3 Å². The molecule has 1 aliphatic carbocycles. The summed E-state index contributed by atoms with van der Waals surface area (Å²) >= 11 is 0. The number of esters is 1. The Morgan fingerprint density at radius 1 is 0.672 bits per heavy atom. The summed E-state index contributed by atoms with van der Waals surface area (Å²) < 4.78 is 114. The van der Waals surface area contributed by atoms with Gasteiger partial charge in [0, 0.05) is 5.92 Å². The summed E-state index contributed by atoms with van der Waals surface area (Å²) in [5.41, 5.74) is 3.28. The predicted octanol–water partition coefficient (Wildman–Crippen LogP) is -1.06. The third kappa shape index (κ3) is 9.43. The molecule has 350 valence electrons. The molecular weight excluding hydrogens is 877 g/mol. The van der Waals surface area contributed by atoms with Crippen LogP contribution in [0.4, 0.5) is 26.7 Å². The fourth-order valence-electron chi connectivity index (χ4n) is 7.61. The van der Waals surface area contributed by atoms with Crippen LogP contribution in [0.15, 0.2) is 48.5 Å². The number of carbonyl (C=O) groups is 2. The number of nitrogens with one attached hydrogen (secondary N) is 1. The molecule has 24 heteroatoms. The van der Waals surface area contributed by atoms with Gasteiger partial charge in [-0.1, -0.05) is 48.5 Å². The summed E-state index contributed by atoms with van der Waals surface area (Å²) in [6.45, 7) is -3.67. The Bertz CT molecular complexity index is 2080. The third-order valence-electron chi connectivity index (χ3n) is 11.0. The molecule has 3 saturated heterocycles. The molecule has 14 atom stereocenters. The van der Waals surface area contributed by atoms with Crippen molar-refractivity contribution in [3.05, 3.63) is 88.7 Å². The monoisotopic (exact) mass is 919 g/mol. The van der Waals surface area contributed by atoms with Gasteiger partial charge in [0.15, 0.2) is 24.9 Å². The number of rotatable bonds is 13. The molecule has 7 rings (SSSR count). The number of hydrogen-bond donors (Lipinski definition) is 9. The number of hydrogen-bond acceptors (Lipinski definition) is 18. The molecular formula is C40H42F5NO18. The molecule has 0 saturated carbocycles. The van der Waals surface area contributed by atoms with Crippen LogP contribution in [0.2, 0.25) is 0 Å². The lowest BCUT2D eigenvalue weighted by Crippen LogP contribution is -2.64. The lowest BCUT2D eigenvalue weighted by molar-refractivity contribution is -0.364. The second kappa shape index (κ2) is 19.9. The summed E-state index contributed by atoms with van der Waals surface area (Å²) in [5, 5.41) is 86.0. The van der Waals surface area contributed by atoms with E-state index in [0.717, 1.165) is 22.3 Å². The number of halogens is 5. The SMILES string of the molecule is O=C(N[C@@H](CO[C@@H]1O[C@H](CO)[C@@H](O)[C@H](O[C@H]2OC[C@@H](O)[C@H](O[C@H]3OC[C@@H](O)[C@H](O)[C@H]3O)[C@H]2O)[C@H]1O)C(=O)Oc1c(F)c(F)c(F)c(F)c1F)OCC1c2ccccc2-c2ccccc21. The van der Waals surface area contributed by atoms with Crippen LogP contribution in [0.25, 0.3) is 11.1 Å². The maximum atomic E-state index is 14.6. The fraction of sp³-hybridized carbons (Fsp3) is 0.500. The summed E-state index contributed by atoms with van der Waals surface area (Å²) in [6, 6.07) is 12.2. The Balaban J connectivity index is 1.07. The van der Waals surface area contributed by atoms with Crippen molar-refractivity contribution < 1.29 is 110 Å². The van der Waals surface area contributed by atoms with Crippen LogP contribution >= 0.6 is 0 Å². The van der Waals surface area contributed by atoms with Crippen LogP contribution in [0.1, 0.15) is 17.0 Å². The molecule has 19 nitrogen and oxygen atoms in total. The maximum Gasteiger partial charge on any atom is 0.407 e. The van der Waals surface area contributed by atoms with E-state index < -0.39 is 165 Å². The second-order valence-corrected chi connectivity index (χ2v) is 15.1. The van der Waals surface area contributed by atoms with Gasteiger partial charge in [-0.15, -0.1) is 0 Å². The highest BCUT2D eigenvalue weighted by molar-refractivity contribution is 5.83. The van der Waals surface area contributed by atoms with Gasteiger partial charge in [-0.3, -0.25) is 0 Å². The Morgan fingerprint density at radius 3 is 1.81 bits per heavy atom. The number of aliphatic hydroxyl groups excluding tert-OH is 8. The van der Waals surface area contributed by atoms with E-state index in [0.29, 0.717) is 0 Å². The lowest BCUT2D eigenvalue weighted by Gasteiger charge is -2.46. The highest BCUT2D eigenvalue weighted by Crippen LogP contribution is 2.44. The lowest BCUT2D eigenvalue weighted by atomic mass is 9.98. The topological polar surface area (TPSA) is 282 Å². The van der Waals surface area contributed by atoms with Gasteiger partial charge < -0.3 is 84.1 Å². The van der Waals surface area contributed by atoms with Crippen molar-refractivity contribution in [2.75, 3.05) is 33.0 Å². The molecule has 0 bridgehead atoms. The van der Waals surface area contributed by atoms with Crippen molar-refractivity contribution in [3.8, 4) is 16.9 Å². The van der Waals surface area contributed by atoms with Crippen molar-refractivity contribution in [2.45, 2.75) is 91.9 Å². The zero-order valence-electron chi connectivity index (χ0n) is 32.9. The van der Waals surface area contributed by atoms with E-state index in [2.05, 4.69) is 4.74 Å². The molecule has 3 fully saturated rings. The van der Waals surface area contributed by atoms with E-state index in [9.17, 15) is 72.4 Å². The quantitative estimate of drug-likeness (QED) is 0.0325. The minimum Gasteiger partial charge on any atom is -0.449 e. The van der Waals surface area contributed by atoms with Crippen LogP contribution in [0, 0.1) is 29.1 Å². The van der Waals surface area contributed by atoms with Gasteiger partial charge in [-0.2, -0.15) is 8.78 Å². The zero-order valence-corrected chi connectivity index (χ0v) is 32.9. The molecule has 3 aliphatic heterocycles. The van der Waals surface area contributed by atoms with Gasteiger partial charge in [0.05, 0.1) is 26.4 Å². The highest BCUT2D eigenvalue weighted by Gasteiger charge is 2.51. The molecule has 1 amide bonds. The largest absolute Gasteiger partial charge is 0.449 e. The van der Waals surface area contributed by atoms with Gasteiger partial charge in [0.1, 0.15) is 67.6 Å². The second-order valence-electron chi connectivity index (χ2n) is 15.1. The summed E-state index contributed by atoms with van der Waals surface area (Å²) in [7, 11) is 0. The zero-order chi connectivity index (χ0) is 46.1. The first kappa shape index (κ1) is 47.5. The third-order valence-corrected chi connectivity index (χ3v) is 11.0. The average molecular weight is 920 g/mol. The van der Waals surface area contributed by atoms with E-state index >= 15 is 0 Å². The normalized spacial score (nSPS) is 32.0. The number of amides is 1.